The molecule has 0 saturated carbocycles. The van der Waals surface area contributed by atoms with Gasteiger partial charge in [0.25, 0.3) is 0 Å². The van der Waals surface area contributed by atoms with Crippen LogP contribution < -0.4 is 0 Å². The van der Waals surface area contributed by atoms with Crippen molar-refractivity contribution in [2.24, 2.45) is 0 Å². The van der Waals surface area contributed by atoms with Crippen LogP contribution in [0, 0.1) is 13.8 Å². The number of ether oxygens (including phenoxy) is 2. The Morgan fingerprint density at radius 2 is 1.62 bits per heavy atom. The third-order valence-corrected chi connectivity index (χ3v) is 4.78. The van der Waals surface area contributed by atoms with E-state index >= 15 is 0 Å². The third kappa shape index (κ3) is 3.79. The first kappa shape index (κ1) is 17.1. The van der Waals surface area contributed by atoms with E-state index in [-0.39, 0.29) is 10.6 Å². The van der Waals surface area contributed by atoms with Crippen LogP contribution in [0.15, 0.2) is 4.90 Å². The number of aryl methyl sites for hydroxylation is 2. The molecule has 0 bridgehead atoms. The van der Waals surface area contributed by atoms with Gasteiger partial charge in [-0.1, -0.05) is 0 Å². The Kier molecular flexibility index (Phi) is 5.44. The van der Waals surface area contributed by atoms with E-state index in [1.165, 1.54) is 13.8 Å². The highest BCUT2D eigenvalue weighted by atomic mass is 32.2. The van der Waals surface area contributed by atoms with Crippen molar-refractivity contribution >= 4 is 22.0 Å². The maximum atomic E-state index is 12.6. The summed E-state index contributed by atoms with van der Waals surface area (Å²) < 4.78 is 34.8. The van der Waals surface area contributed by atoms with Gasteiger partial charge >= 0.3 is 11.9 Å². The Morgan fingerprint density at radius 1 is 1.14 bits per heavy atom. The van der Waals surface area contributed by atoms with Gasteiger partial charge in [0.1, 0.15) is 18.0 Å². The third-order valence-electron chi connectivity index (χ3n) is 2.72. The standard InChI is InChI=1S/C11H17N3O6S/c1-7-11(8(2)13-12-7)21(17,18)14(5-9(15)19-3)6-10(16)20-4/h5-6H2,1-4H3,(H,12,13). The number of carbonyl (C=O) groups is 2. The summed E-state index contributed by atoms with van der Waals surface area (Å²) in [6, 6.07) is 0. The number of sulfonamides is 1. The zero-order chi connectivity index (χ0) is 16.2. The van der Waals surface area contributed by atoms with Crippen LogP contribution in [0.4, 0.5) is 0 Å². The average Bonchev–Trinajstić information content (AvgIpc) is 2.77. The topological polar surface area (TPSA) is 119 Å². The molecule has 0 fully saturated rings. The van der Waals surface area contributed by atoms with E-state index in [2.05, 4.69) is 19.7 Å². The molecule has 0 atom stereocenters. The van der Waals surface area contributed by atoms with Gasteiger partial charge in [0.05, 0.1) is 25.6 Å². The van der Waals surface area contributed by atoms with Crippen LogP contribution in [-0.2, 0) is 29.1 Å². The quantitative estimate of drug-likeness (QED) is 0.693. The number of methoxy groups -OCH3 is 2. The molecule has 0 aliphatic carbocycles. The Hall–Kier alpha value is -1.94. The largest absolute Gasteiger partial charge is 0.468 e. The number of carbonyl (C=O) groups excluding carboxylic acids is 2. The smallest absolute Gasteiger partial charge is 0.321 e. The van der Waals surface area contributed by atoms with Gasteiger partial charge in [0.15, 0.2) is 0 Å². The van der Waals surface area contributed by atoms with Crippen molar-refractivity contribution in [3.8, 4) is 0 Å². The summed E-state index contributed by atoms with van der Waals surface area (Å²) >= 11 is 0. The molecule has 0 saturated heterocycles. The first-order valence-corrected chi connectivity index (χ1v) is 7.33. The minimum Gasteiger partial charge on any atom is -0.468 e. The van der Waals surface area contributed by atoms with Crippen LogP contribution >= 0.6 is 0 Å². The zero-order valence-corrected chi connectivity index (χ0v) is 13.0. The minimum atomic E-state index is -4.09. The van der Waals surface area contributed by atoms with E-state index < -0.39 is 35.1 Å². The van der Waals surface area contributed by atoms with Crippen molar-refractivity contribution in [3.63, 3.8) is 0 Å². The molecule has 1 heterocycles. The highest BCUT2D eigenvalue weighted by Gasteiger charge is 2.33. The molecule has 1 N–H and O–H groups in total. The molecule has 1 rings (SSSR count). The first-order chi connectivity index (χ1) is 9.73. The normalized spacial score (nSPS) is 11.5. The molecule has 1 aromatic rings. The van der Waals surface area contributed by atoms with Crippen molar-refractivity contribution in [3.05, 3.63) is 11.4 Å². The maximum absolute atomic E-state index is 12.6. The molecule has 1 aromatic heterocycles. The van der Waals surface area contributed by atoms with Gasteiger partial charge < -0.3 is 9.47 Å². The molecule has 0 unspecified atom stereocenters. The molecule has 21 heavy (non-hydrogen) atoms. The molecule has 0 aromatic carbocycles. The predicted molar refractivity (Wildman–Crippen MR) is 70.9 cm³/mol. The second-order valence-electron chi connectivity index (χ2n) is 4.19. The summed E-state index contributed by atoms with van der Waals surface area (Å²) in [6.45, 7) is 1.84. The lowest BCUT2D eigenvalue weighted by Gasteiger charge is -2.19. The lowest BCUT2D eigenvalue weighted by atomic mass is 10.4. The molecule has 0 aliphatic heterocycles. The Balaban J connectivity index is 3.23. The lowest BCUT2D eigenvalue weighted by molar-refractivity contribution is -0.143. The molecular formula is C11H17N3O6S. The van der Waals surface area contributed by atoms with E-state index in [0.717, 1.165) is 14.2 Å². The van der Waals surface area contributed by atoms with Crippen molar-refractivity contribution < 1.29 is 27.5 Å². The second-order valence-corrected chi connectivity index (χ2v) is 6.06. The molecular weight excluding hydrogens is 302 g/mol. The Labute approximate surface area is 122 Å². The van der Waals surface area contributed by atoms with Crippen LogP contribution in [0.5, 0.6) is 0 Å². The van der Waals surface area contributed by atoms with Crippen LogP contribution in [0.1, 0.15) is 11.4 Å². The second kappa shape index (κ2) is 6.68. The number of nitrogens with one attached hydrogen (secondary N) is 1. The van der Waals surface area contributed by atoms with Gasteiger partial charge in [-0.3, -0.25) is 14.7 Å². The number of rotatable bonds is 6. The van der Waals surface area contributed by atoms with Crippen molar-refractivity contribution in [2.75, 3.05) is 27.3 Å². The van der Waals surface area contributed by atoms with E-state index in [0.29, 0.717) is 10.00 Å². The van der Waals surface area contributed by atoms with E-state index in [1.807, 2.05) is 0 Å². The molecule has 0 amide bonds. The Bertz CT molecular complexity index is 599. The summed E-state index contributed by atoms with van der Waals surface area (Å²) in [4.78, 5) is 22.7. The molecule has 0 spiro atoms. The number of hydrogen-bond acceptors (Lipinski definition) is 7. The number of aromatic amines is 1. The summed E-state index contributed by atoms with van der Waals surface area (Å²) in [5.74, 6) is -1.58. The van der Waals surface area contributed by atoms with Crippen LogP contribution in [0.2, 0.25) is 0 Å². The van der Waals surface area contributed by atoms with Crippen molar-refractivity contribution in [2.45, 2.75) is 18.7 Å². The van der Waals surface area contributed by atoms with Gasteiger partial charge in [0, 0.05) is 0 Å². The van der Waals surface area contributed by atoms with E-state index in [1.54, 1.807) is 0 Å². The molecule has 10 heteroatoms. The number of H-pyrrole nitrogens is 1. The van der Waals surface area contributed by atoms with Crippen LogP contribution in [0.25, 0.3) is 0 Å². The molecule has 0 radical (unpaired) electrons. The maximum Gasteiger partial charge on any atom is 0.321 e. The molecule has 9 nitrogen and oxygen atoms in total. The summed E-state index contributed by atoms with van der Waals surface area (Å²) in [5, 5.41) is 6.34. The predicted octanol–water partition coefficient (Wildman–Crippen LogP) is -0.637. The summed E-state index contributed by atoms with van der Waals surface area (Å²) in [6.07, 6.45) is 0. The van der Waals surface area contributed by atoms with E-state index in [4.69, 9.17) is 0 Å². The fraction of sp³-hybridized carbons (Fsp3) is 0.545. The molecule has 118 valence electrons. The van der Waals surface area contributed by atoms with E-state index in [9.17, 15) is 18.0 Å². The number of aromatic nitrogens is 2. The van der Waals surface area contributed by atoms with Gasteiger partial charge in [0.2, 0.25) is 10.0 Å². The highest BCUT2D eigenvalue weighted by Crippen LogP contribution is 2.21. The fourth-order valence-corrected chi connectivity index (χ4v) is 3.35. The first-order valence-electron chi connectivity index (χ1n) is 5.89. The van der Waals surface area contributed by atoms with Gasteiger partial charge in [-0.15, -0.1) is 0 Å². The Morgan fingerprint density at radius 3 is 1.95 bits per heavy atom. The average molecular weight is 319 g/mol. The van der Waals surface area contributed by atoms with Gasteiger partial charge in [-0.25, -0.2) is 8.42 Å². The minimum absolute atomic E-state index is 0.0738. The van der Waals surface area contributed by atoms with Crippen molar-refractivity contribution in [1.82, 2.24) is 14.5 Å². The summed E-state index contributed by atoms with van der Waals surface area (Å²) in [5.41, 5.74) is 0.555. The highest BCUT2D eigenvalue weighted by molar-refractivity contribution is 7.89. The number of esters is 2. The van der Waals surface area contributed by atoms with Gasteiger partial charge in [-0.05, 0) is 13.8 Å². The van der Waals surface area contributed by atoms with Crippen molar-refractivity contribution in [1.29, 1.82) is 0 Å². The van der Waals surface area contributed by atoms with Crippen LogP contribution in [-0.4, -0.2) is 62.2 Å². The zero-order valence-electron chi connectivity index (χ0n) is 12.2. The summed E-state index contributed by atoms with van der Waals surface area (Å²) in [7, 11) is -1.84. The lowest BCUT2D eigenvalue weighted by Crippen LogP contribution is -2.40. The fourth-order valence-electron chi connectivity index (χ4n) is 1.69. The number of nitrogens with zero attached hydrogens (tertiary/aromatic N) is 2. The van der Waals surface area contributed by atoms with Crippen LogP contribution in [0.3, 0.4) is 0 Å². The SMILES string of the molecule is COC(=O)CN(CC(=O)OC)S(=O)(=O)c1c(C)n[nH]c1C. The molecule has 0 aliphatic rings. The monoisotopic (exact) mass is 319 g/mol. The number of hydrogen-bond donors (Lipinski definition) is 1. The van der Waals surface area contributed by atoms with Gasteiger partial charge in [-0.2, -0.15) is 9.40 Å².